The van der Waals surface area contributed by atoms with Crippen molar-refractivity contribution in [3.05, 3.63) is 263 Å². The predicted molar refractivity (Wildman–Crippen MR) is 277 cm³/mol. The zero-order valence-corrected chi connectivity index (χ0v) is 36.9. The Morgan fingerprint density at radius 2 is 1.14 bits per heavy atom. The summed E-state index contributed by atoms with van der Waals surface area (Å²) in [4.78, 5) is 0. The van der Waals surface area contributed by atoms with Gasteiger partial charge in [0.1, 0.15) is 11.2 Å². The van der Waals surface area contributed by atoms with E-state index in [-0.39, 0.29) is 0 Å². The quantitative estimate of drug-likeness (QED) is 0.146. The van der Waals surface area contributed by atoms with E-state index in [1.165, 1.54) is 99.3 Å². The summed E-state index contributed by atoms with van der Waals surface area (Å²) < 4.78 is 8.79. The van der Waals surface area contributed by atoms with Crippen molar-refractivity contribution < 1.29 is 4.42 Å². The maximum absolute atomic E-state index is 6.46. The van der Waals surface area contributed by atoms with Gasteiger partial charge in [-0.25, -0.2) is 0 Å². The molecular weight excluding hydrogens is 799 g/mol. The maximum atomic E-state index is 6.46. The maximum Gasteiger partial charge on any atom is 0.136 e. The number of hydrogen-bond donors (Lipinski definition) is 0. The lowest BCUT2D eigenvalue weighted by Crippen LogP contribution is -2.28. The van der Waals surface area contributed by atoms with E-state index >= 15 is 0 Å². The molecule has 2 heteroatoms. The van der Waals surface area contributed by atoms with E-state index in [0.717, 1.165) is 33.9 Å². The second kappa shape index (κ2) is 14.9. The lowest BCUT2D eigenvalue weighted by atomic mass is 9.67. The van der Waals surface area contributed by atoms with Crippen molar-refractivity contribution in [2.24, 2.45) is 7.05 Å². The summed E-state index contributed by atoms with van der Waals surface area (Å²) in [5, 5.41) is 7.38. The first kappa shape index (κ1) is 38.3. The van der Waals surface area contributed by atoms with Crippen LogP contribution in [0, 0.1) is 6.92 Å². The molecule has 12 aromatic rings. The van der Waals surface area contributed by atoms with Gasteiger partial charge < -0.3 is 8.98 Å². The lowest BCUT2D eigenvalue weighted by molar-refractivity contribution is 0.669. The summed E-state index contributed by atoms with van der Waals surface area (Å²) in [6.07, 6.45) is 3.20. The van der Waals surface area contributed by atoms with E-state index in [1.807, 2.05) is 0 Å². The molecule has 0 aliphatic heterocycles. The first-order chi connectivity index (χ1) is 32.5. The van der Waals surface area contributed by atoms with Gasteiger partial charge in [0.15, 0.2) is 0 Å². The normalized spacial score (nSPS) is 13.3. The van der Waals surface area contributed by atoms with Crippen LogP contribution in [-0.2, 0) is 18.9 Å². The van der Waals surface area contributed by atoms with E-state index in [9.17, 15) is 0 Å². The minimum absolute atomic E-state index is 0.614. The fourth-order valence-corrected chi connectivity index (χ4v) is 11.5. The standard InChI is InChI=1S/C64H45NO/c1-41-29-33-58-54(35-41)55-39-44(31-34-59(55)65(58)2)53-40-57-62(50-24-13-12-23-49(50)53)51-32-30-43(38-56(51)64(57,46-19-8-4-9-20-46)47-21-10-5-11-22-47)37-45(36-42-17-6-3-7-18-42)48-26-16-28-61-63(48)52-25-14-15-27-60(52)66-61/h3-35,37-40H,36H2,1-2H3/b45-37-. The summed E-state index contributed by atoms with van der Waals surface area (Å²) in [7, 11) is 2.18. The van der Waals surface area contributed by atoms with Gasteiger partial charge in [0.2, 0.25) is 0 Å². The Balaban J connectivity index is 1.09. The number of rotatable bonds is 7. The molecule has 2 heterocycles. The molecule has 0 atom stereocenters. The number of nitrogens with zero attached hydrogens (tertiary/aromatic N) is 1. The molecule has 0 spiro atoms. The number of para-hydroxylation sites is 1. The van der Waals surface area contributed by atoms with Gasteiger partial charge in [0.25, 0.3) is 0 Å². The Morgan fingerprint density at radius 3 is 1.89 bits per heavy atom. The van der Waals surface area contributed by atoms with Crippen LogP contribution in [0.1, 0.15) is 44.5 Å². The van der Waals surface area contributed by atoms with Crippen LogP contribution in [-0.4, -0.2) is 4.57 Å². The predicted octanol–water partition coefficient (Wildman–Crippen LogP) is 16.5. The molecule has 13 rings (SSSR count). The number of fused-ring (bicyclic) bond motifs is 11. The topological polar surface area (TPSA) is 18.1 Å². The Bertz CT molecular complexity index is 3870. The van der Waals surface area contributed by atoms with Crippen molar-refractivity contribution in [1.82, 2.24) is 4.57 Å². The minimum Gasteiger partial charge on any atom is -0.456 e. The van der Waals surface area contributed by atoms with E-state index < -0.39 is 5.41 Å². The van der Waals surface area contributed by atoms with Gasteiger partial charge in [0, 0.05) is 39.6 Å². The number of aryl methyl sites for hydroxylation is 2. The molecule has 0 N–H and O–H groups in total. The number of benzene rings is 10. The first-order valence-corrected chi connectivity index (χ1v) is 23.0. The molecular formula is C64H45NO. The summed E-state index contributed by atoms with van der Waals surface area (Å²) >= 11 is 0. The zero-order chi connectivity index (χ0) is 43.9. The van der Waals surface area contributed by atoms with Crippen LogP contribution in [0.4, 0.5) is 0 Å². The summed E-state index contributed by atoms with van der Waals surface area (Å²) in [6, 6.07) is 80.9. The van der Waals surface area contributed by atoms with Crippen molar-refractivity contribution in [3.8, 4) is 22.3 Å². The highest BCUT2D eigenvalue weighted by Crippen LogP contribution is 2.59. The second-order valence-electron chi connectivity index (χ2n) is 18.1. The summed E-state index contributed by atoms with van der Waals surface area (Å²) in [5.74, 6) is 0. The number of furan rings is 1. The van der Waals surface area contributed by atoms with Crippen molar-refractivity contribution in [2.75, 3.05) is 0 Å². The Kier molecular flexibility index (Phi) is 8.66. The minimum atomic E-state index is -0.614. The Hall–Kier alpha value is -8.20. The molecule has 2 aromatic heterocycles. The molecule has 0 saturated heterocycles. The third-order valence-corrected chi connectivity index (χ3v) is 14.4. The molecule has 2 nitrogen and oxygen atoms in total. The molecule has 0 unspecified atom stereocenters. The highest BCUT2D eigenvalue weighted by molar-refractivity contribution is 6.14. The van der Waals surface area contributed by atoms with Gasteiger partial charge in [0.05, 0.1) is 5.41 Å². The molecule has 10 aromatic carbocycles. The third kappa shape index (κ3) is 5.74. The van der Waals surface area contributed by atoms with Crippen LogP contribution >= 0.6 is 0 Å². The third-order valence-electron chi connectivity index (χ3n) is 14.4. The smallest absolute Gasteiger partial charge is 0.136 e. The molecule has 0 amide bonds. The van der Waals surface area contributed by atoms with Gasteiger partial charge in [-0.3, -0.25) is 0 Å². The Morgan fingerprint density at radius 1 is 0.500 bits per heavy atom. The molecule has 66 heavy (non-hydrogen) atoms. The average molecular weight is 844 g/mol. The van der Waals surface area contributed by atoms with Crippen LogP contribution in [0.25, 0.3) is 88.4 Å². The lowest BCUT2D eigenvalue weighted by Gasteiger charge is -2.34. The van der Waals surface area contributed by atoms with Crippen molar-refractivity contribution in [1.29, 1.82) is 0 Å². The molecule has 0 fully saturated rings. The van der Waals surface area contributed by atoms with Gasteiger partial charge in [-0.1, -0.05) is 181 Å². The van der Waals surface area contributed by atoms with E-state index in [2.05, 4.69) is 243 Å². The van der Waals surface area contributed by atoms with Gasteiger partial charge in [-0.05, 0) is 139 Å². The highest BCUT2D eigenvalue weighted by Gasteiger charge is 2.47. The van der Waals surface area contributed by atoms with Gasteiger partial charge >= 0.3 is 0 Å². The zero-order valence-electron chi connectivity index (χ0n) is 36.9. The van der Waals surface area contributed by atoms with E-state index in [4.69, 9.17) is 4.42 Å². The van der Waals surface area contributed by atoms with Gasteiger partial charge in [-0.2, -0.15) is 0 Å². The van der Waals surface area contributed by atoms with E-state index in [0.29, 0.717) is 0 Å². The molecule has 0 bridgehead atoms. The largest absolute Gasteiger partial charge is 0.456 e. The fourth-order valence-electron chi connectivity index (χ4n) is 11.5. The van der Waals surface area contributed by atoms with Crippen molar-refractivity contribution >= 4 is 66.2 Å². The first-order valence-electron chi connectivity index (χ1n) is 23.0. The van der Waals surface area contributed by atoms with E-state index in [1.54, 1.807) is 0 Å². The Labute approximate surface area is 384 Å². The van der Waals surface area contributed by atoms with Crippen LogP contribution in [0.5, 0.6) is 0 Å². The molecule has 0 saturated carbocycles. The van der Waals surface area contributed by atoms with Crippen LogP contribution in [0.2, 0.25) is 0 Å². The van der Waals surface area contributed by atoms with Crippen LogP contribution in [0.3, 0.4) is 0 Å². The molecule has 1 aliphatic rings. The summed E-state index contributed by atoms with van der Waals surface area (Å²) in [6.45, 7) is 2.19. The van der Waals surface area contributed by atoms with Crippen LogP contribution in [0.15, 0.2) is 223 Å². The monoisotopic (exact) mass is 843 g/mol. The SMILES string of the molecule is Cc1ccc2c(c1)c1cc(-c3cc4c(c5ccccc35)-c3ccc(/C=C(/Cc5ccccc5)c5cccc6oc7ccccc7c56)cc3C4(c3ccccc3)c3ccccc3)ccc1n2C. The van der Waals surface area contributed by atoms with Crippen LogP contribution < -0.4 is 0 Å². The highest BCUT2D eigenvalue weighted by atomic mass is 16.3. The second-order valence-corrected chi connectivity index (χ2v) is 18.1. The average Bonchev–Trinajstić information content (AvgIpc) is 3.99. The molecule has 0 radical (unpaired) electrons. The molecule has 312 valence electrons. The fraction of sp³-hybridized carbons (Fsp3) is 0.0625. The van der Waals surface area contributed by atoms with Crippen molar-refractivity contribution in [3.63, 3.8) is 0 Å². The number of aromatic nitrogens is 1. The number of hydrogen-bond acceptors (Lipinski definition) is 1. The van der Waals surface area contributed by atoms with Gasteiger partial charge in [-0.15, -0.1) is 0 Å². The van der Waals surface area contributed by atoms with Crippen molar-refractivity contribution in [2.45, 2.75) is 18.8 Å². The number of allylic oxidation sites excluding steroid dienone is 1. The summed E-state index contributed by atoms with van der Waals surface area (Å²) in [5.41, 5.74) is 19.9. The molecule has 1 aliphatic carbocycles.